The fourth-order valence-electron chi connectivity index (χ4n) is 3.27. The minimum atomic E-state index is -0.843. The molecule has 0 fully saturated rings. The Hall–Kier alpha value is -2.82. The van der Waals surface area contributed by atoms with Gasteiger partial charge in [0.2, 0.25) is 0 Å². The number of hydrogen-bond acceptors (Lipinski definition) is 4. The third-order valence-electron chi connectivity index (χ3n) is 4.70. The standard InChI is InChI=1S/C21H24N2O3/c1-14-13-17-7-5-6-8-19(17)23(14)20(24)15(2)26-21(25)16-9-11-18(12-10-16)22(3)4/h5-12,14-15H,13H2,1-4H3/t14-,15+/m1/s1. The van der Waals surface area contributed by atoms with Crippen LogP contribution in [0.4, 0.5) is 11.4 Å². The van der Waals surface area contributed by atoms with Gasteiger partial charge < -0.3 is 14.5 Å². The summed E-state index contributed by atoms with van der Waals surface area (Å²) in [6.07, 6.45) is -0.0289. The van der Waals surface area contributed by atoms with Crippen LogP contribution in [0.25, 0.3) is 0 Å². The van der Waals surface area contributed by atoms with Gasteiger partial charge in [0.15, 0.2) is 6.10 Å². The number of carbonyl (C=O) groups excluding carboxylic acids is 2. The van der Waals surface area contributed by atoms with Crippen LogP contribution in [0.5, 0.6) is 0 Å². The van der Waals surface area contributed by atoms with Crippen molar-refractivity contribution < 1.29 is 14.3 Å². The highest BCUT2D eigenvalue weighted by atomic mass is 16.5. The van der Waals surface area contributed by atoms with Crippen LogP contribution in [0.2, 0.25) is 0 Å². The zero-order valence-corrected chi connectivity index (χ0v) is 15.6. The molecule has 0 aliphatic carbocycles. The SMILES string of the molecule is C[C@H](OC(=O)c1ccc(N(C)C)cc1)C(=O)N1c2ccccc2C[C@H]1C. The molecule has 26 heavy (non-hydrogen) atoms. The molecule has 0 N–H and O–H groups in total. The lowest BCUT2D eigenvalue weighted by molar-refractivity contribution is -0.126. The fraction of sp³-hybridized carbons (Fsp3) is 0.333. The minimum absolute atomic E-state index is 0.0560. The van der Waals surface area contributed by atoms with Crippen LogP contribution >= 0.6 is 0 Å². The molecular formula is C21H24N2O3. The summed E-state index contributed by atoms with van der Waals surface area (Å²) in [5, 5.41) is 0. The van der Waals surface area contributed by atoms with E-state index in [0.29, 0.717) is 5.56 Å². The largest absolute Gasteiger partial charge is 0.449 e. The van der Waals surface area contributed by atoms with Gasteiger partial charge >= 0.3 is 5.97 Å². The van der Waals surface area contributed by atoms with Gasteiger partial charge in [0, 0.05) is 31.5 Å². The minimum Gasteiger partial charge on any atom is -0.449 e. The van der Waals surface area contributed by atoms with Gasteiger partial charge in [-0.05, 0) is 56.2 Å². The summed E-state index contributed by atoms with van der Waals surface area (Å²) in [5.41, 5.74) is 3.48. The molecule has 1 aliphatic heterocycles. The molecule has 2 aromatic rings. The van der Waals surface area contributed by atoms with Crippen molar-refractivity contribution in [1.82, 2.24) is 0 Å². The first-order chi connectivity index (χ1) is 12.4. The van der Waals surface area contributed by atoms with Gasteiger partial charge in [0.25, 0.3) is 5.91 Å². The van der Waals surface area contributed by atoms with Gasteiger partial charge in [0.05, 0.1) is 5.56 Å². The van der Waals surface area contributed by atoms with E-state index >= 15 is 0 Å². The molecule has 0 unspecified atom stereocenters. The Kier molecular flexibility index (Phi) is 4.98. The lowest BCUT2D eigenvalue weighted by atomic mass is 10.1. The van der Waals surface area contributed by atoms with E-state index < -0.39 is 12.1 Å². The van der Waals surface area contributed by atoms with Crippen LogP contribution in [-0.4, -0.2) is 38.1 Å². The van der Waals surface area contributed by atoms with E-state index in [1.165, 1.54) is 0 Å². The van der Waals surface area contributed by atoms with Crippen molar-refractivity contribution in [3.63, 3.8) is 0 Å². The van der Waals surface area contributed by atoms with E-state index in [1.807, 2.05) is 62.3 Å². The molecule has 0 bridgehead atoms. The zero-order valence-electron chi connectivity index (χ0n) is 15.6. The Labute approximate surface area is 154 Å². The second kappa shape index (κ2) is 7.20. The quantitative estimate of drug-likeness (QED) is 0.793. The zero-order chi connectivity index (χ0) is 18.8. The summed E-state index contributed by atoms with van der Waals surface area (Å²) in [6, 6.07) is 15.0. The molecule has 1 amide bonds. The second-order valence-electron chi connectivity index (χ2n) is 6.88. The van der Waals surface area contributed by atoms with Crippen molar-refractivity contribution in [2.45, 2.75) is 32.4 Å². The predicted octanol–water partition coefficient (Wildman–Crippen LogP) is 3.28. The van der Waals surface area contributed by atoms with E-state index in [-0.39, 0.29) is 11.9 Å². The van der Waals surface area contributed by atoms with Crippen molar-refractivity contribution in [2.24, 2.45) is 0 Å². The number of anilines is 2. The number of nitrogens with zero attached hydrogens (tertiary/aromatic N) is 2. The Morgan fingerprint density at radius 1 is 1.12 bits per heavy atom. The molecule has 2 aromatic carbocycles. The Morgan fingerprint density at radius 2 is 1.77 bits per heavy atom. The number of amides is 1. The smallest absolute Gasteiger partial charge is 0.338 e. The Morgan fingerprint density at radius 3 is 2.42 bits per heavy atom. The highest BCUT2D eigenvalue weighted by Gasteiger charge is 2.34. The first kappa shape index (κ1) is 18.0. The second-order valence-corrected chi connectivity index (χ2v) is 6.88. The summed E-state index contributed by atoms with van der Waals surface area (Å²) >= 11 is 0. The highest BCUT2D eigenvalue weighted by Crippen LogP contribution is 2.32. The average molecular weight is 352 g/mol. The molecule has 0 saturated carbocycles. The van der Waals surface area contributed by atoms with E-state index in [4.69, 9.17) is 4.74 Å². The van der Waals surface area contributed by atoms with Crippen molar-refractivity contribution in [2.75, 3.05) is 23.9 Å². The maximum absolute atomic E-state index is 12.9. The number of benzene rings is 2. The van der Waals surface area contributed by atoms with Gasteiger partial charge in [0.1, 0.15) is 0 Å². The van der Waals surface area contributed by atoms with Gasteiger partial charge in [-0.15, -0.1) is 0 Å². The number of ether oxygens (including phenoxy) is 1. The fourth-order valence-corrected chi connectivity index (χ4v) is 3.27. The maximum Gasteiger partial charge on any atom is 0.338 e. The van der Waals surface area contributed by atoms with E-state index in [0.717, 1.165) is 23.4 Å². The molecule has 1 aliphatic rings. The summed E-state index contributed by atoms with van der Waals surface area (Å²) in [6.45, 7) is 3.63. The molecule has 5 nitrogen and oxygen atoms in total. The number of rotatable bonds is 4. The number of hydrogen-bond donors (Lipinski definition) is 0. The molecule has 2 atom stereocenters. The molecule has 3 rings (SSSR count). The van der Waals surface area contributed by atoms with Crippen molar-refractivity contribution in [1.29, 1.82) is 0 Å². The normalized spacial score (nSPS) is 16.8. The van der Waals surface area contributed by atoms with E-state index in [2.05, 4.69) is 0 Å². The van der Waals surface area contributed by atoms with E-state index in [1.54, 1.807) is 24.0 Å². The number of carbonyl (C=O) groups is 2. The molecule has 1 heterocycles. The molecule has 0 aromatic heterocycles. The summed E-state index contributed by atoms with van der Waals surface area (Å²) in [7, 11) is 3.87. The van der Waals surface area contributed by atoms with E-state index in [9.17, 15) is 9.59 Å². The predicted molar refractivity (Wildman–Crippen MR) is 103 cm³/mol. The highest BCUT2D eigenvalue weighted by molar-refractivity contribution is 6.01. The van der Waals surface area contributed by atoms with Gasteiger partial charge in [-0.2, -0.15) is 0 Å². The summed E-state index contributed by atoms with van der Waals surface area (Å²) < 4.78 is 5.43. The summed E-state index contributed by atoms with van der Waals surface area (Å²) in [5.74, 6) is -0.683. The first-order valence-corrected chi connectivity index (χ1v) is 8.78. The molecular weight excluding hydrogens is 328 g/mol. The third kappa shape index (κ3) is 3.43. The Bertz CT molecular complexity index is 814. The third-order valence-corrected chi connectivity index (χ3v) is 4.70. The molecule has 0 radical (unpaired) electrons. The van der Waals surface area contributed by atoms with Crippen molar-refractivity contribution >= 4 is 23.3 Å². The average Bonchev–Trinajstić information content (AvgIpc) is 2.96. The molecule has 0 spiro atoms. The van der Waals surface area contributed by atoms with Crippen molar-refractivity contribution in [3.8, 4) is 0 Å². The topological polar surface area (TPSA) is 49.9 Å². The van der Waals surface area contributed by atoms with Crippen LogP contribution in [0.1, 0.15) is 29.8 Å². The molecule has 0 saturated heterocycles. The van der Waals surface area contributed by atoms with Crippen molar-refractivity contribution in [3.05, 3.63) is 59.7 Å². The lowest BCUT2D eigenvalue weighted by Crippen LogP contribution is -2.43. The number of esters is 1. The van der Waals surface area contributed by atoms with Crippen LogP contribution in [0.15, 0.2) is 48.5 Å². The Balaban J connectivity index is 1.70. The molecule has 5 heteroatoms. The molecule has 136 valence electrons. The summed E-state index contributed by atoms with van der Waals surface area (Å²) in [4.78, 5) is 28.9. The van der Waals surface area contributed by atoms with Crippen LogP contribution in [0, 0.1) is 0 Å². The lowest BCUT2D eigenvalue weighted by Gasteiger charge is -2.26. The van der Waals surface area contributed by atoms with Gasteiger partial charge in [-0.1, -0.05) is 18.2 Å². The maximum atomic E-state index is 12.9. The van der Waals surface area contributed by atoms with Crippen LogP contribution in [-0.2, 0) is 16.0 Å². The number of para-hydroxylation sites is 1. The number of fused-ring (bicyclic) bond motifs is 1. The monoisotopic (exact) mass is 352 g/mol. The van der Waals surface area contributed by atoms with Crippen LogP contribution in [0.3, 0.4) is 0 Å². The van der Waals surface area contributed by atoms with Crippen LogP contribution < -0.4 is 9.80 Å². The van der Waals surface area contributed by atoms with Gasteiger partial charge in [-0.25, -0.2) is 4.79 Å². The van der Waals surface area contributed by atoms with Gasteiger partial charge in [-0.3, -0.25) is 4.79 Å². The first-order valence-electron chi connectivity index (χ1n) is 8.78.